The van der Waals surface area contributed by atoms with Gasteiger partial charge in [-0.25, -0.2) is 17.8 Å². The number of rotatable bonds is 5. The third-order valence-corrected chi connectivity index (χ3v) is 7.39. The first kappa shape index (κ1) is 21.2. The van der Waals surface area contributed by atoms with Crippen LogP contribution in [0.1, 0.15) is 12.1 Å². The number of aromatic nitrogens is 2. The molecule has 13 heteroatoms. The molecule has 0 aliphatic carbocycles. The Morgan fingerprint density at radius 2 is 2.23 bits per heavy atom. The van der Waals surface area contributed by atoms with Gasteiger partial charge in [0, 0.05) is 25.2 Å². The number of morpholine rings is 1. The second kappa shape index (κ2) is 8.21. The van der Waals surface area contributed by atoms with E-state index in [1.165, 1.54) is 34.7 Å². The van der Waals surface area contributed by atoms with E-state index in [0.29, 0.717) is 12.1 Å². The third kappa shape index (κ3) is 3.94. The highest BCUT2D eigenvalue weighted by Gasteiger charge is 2.44. The number of carbonyl (C=O) groups is 1. The topological polar surface area (TPSA) is 115 Å². The molecule has 10 nitrogen and oxygen atoms in total. The Bertz CT molecular complexity index is 1050. The zero-order chi connectivity index (χ0) is 21.5. The van der Waals surface area contributed by atoms with Crippen LogP contribution in [-0.2, 0) is 25.3 Å². The Kier molecular flexibility index (Phi) is 5.79. The summed E-state index contributed by atoms with van der Waals surface area (Å²) in [6.07, 6.45) is 1.03. The highest BCUT2D eigenvalue weighted by molar-refractivity contribution is 9.10. The van der Waals surface area contributed by atoms with Crippen LogP contribution in [0.2, 0.25) is 0 Å². The summed E-state index contributed by atoms with van der Waals surface area (Å²) in [6, 6.07) is 2.17. The summed E-state index contributed by atoms with van der Waals surface area (Å²) < 4.78 is 56.5. The van der Waals surface area contributed by atoms with E-state index in [4.69, 9.17) is 14.0 Å². The quantitative estimate of drug-likeness (QED) is 0.559. The molecule has 2 saturated heterocycles. The van der Waals surface area contributed by atoms with Gasteiger partial charge in [0.2, 0.25) is 15.9 Å². The lowest BCUT2D eigenvalue weighted by Crippen LogP contribution is -2.62. The monoisotopic (exact) mass is 504 g/mol. The van der Waals surface area contributed by atoms with Crippen molar-refractivity contribution in [3.05, 3.63) is 34.5 Å². The first-order chi connectivity index (χ1) is 14.3. The van der Waals surface area contributed by atoms with Crippen molar-refractivity contribution in [3.8, 4) is 5.88 Å². The number of fused-ring (bicyclic) bond motifs is 1. The Labute approximate surface area is 180 Å². The van der Waals surface area contributed by atoms with Gasteiger partial charge in [-0.1, -0.05) is 5.16 Å². The maximum absolute atomic E-state index is 14.2. The van der Waals surface area contributed by atoms with E-state index in [0.717, 1.165) is 0 Å². The largest absolute Gasteiger partial charge is 0.479 e. The highest BCUT2D eigenvalue weighted by Crippen LogP contribution is 2.36. The van der Waals surface area contributed by atoms with Gasteiger partial charge in [0.15, 0.2) is 5.82 Å². The molecule has 1 amide bonds. The number of piperidine rings is 1. The summed E-state index contributed by atoms with van der Waals surface area (Å²) in [4.78, 5) is 18.0. The van der Waals surface area contributed by atoms with Crippen molar-refractivity contribution in [3.63, 3.8) is 0 Å². The van der Waals surface area contributed by atoms with Crippen molar-refractivity contribution < 1.29 is 31.6 Å². The molecule has 0 radical (unpaired) electrons. The second-order valence-corrected chi connectivity index (χ2v) is 9.58. The summed E-state index contributed by atoms with van der Waals surface area (Å²) in [5, 5.41) is 3.65. The predicted octanol–water partition coefficient (Wildman–Crippen LogP) is 1.32. The molecule has 2 aliphatic rings. The maximum Gasteiger partial charge on any atom is 0.253 e. The van der Waals surface area contributed by atoms with Crippen molar-refractivity contribution in [2.24, 2.45) is 0 Å². The number of amides is 1. The lowest BCUT2D eigenvalue weighted by molar-refractivity contribution is -0.134. The number of methoxy groups -OCH3 is 1. The zero-order valence-electron chi connectivity index (χ0n) is 15.8. The molecule has 0 unspecified atom stereocenters. The predicted molar refractivity (Wildman–Crippen MR) is 105 cm³/mol. The molecule has 0 aromatic carbocycles. The molecule has 30 heavy (non-hydrogen) atoms. The van der Waals surface area contributed by atoms with Crippen LogP contribution in [0.3, 0.4) is 0 Å². The van der Waals surface area contributed by atoms with Gasteiger partial charge in [-0.15, -0.1) is 0 Å². The molecule has 2 aromatic heterocycles. The molecule has 4 heterocycles. The molecule has 2 atom stereocenters. The molecular formula is C17H18BrFN4O6S. The van der Waals surface area contributed by atoms with Crippen LogP contribution in [0.4, 0.5) is 10.1 Å². The minimum Gasteiger partial charge on any atom is -0.479 e. The van der Waals surface area contributed by atoms with Gasteiger partial charge in [0.25, 0.3) is 5.91 Å². The van der Waals surface area contributed by atoms with Gasteiger partial charge in [0.05, 0.1) is 24.9 Å². The van der Waals surface area contributed by atoms with Gasteiger partial charge in [-0.05, 0) is 22.4 Å². The first-order valence-corrected chi connectivity index (χ1v) is 11.4. The van der Waals surface area contributed by atoms with E-state index in [1.54, 1.807) is 0 Å². The van der Waals surface area contributed by atoms with E-state index in [-0.39, 0.29) is 47.5 Å². The van der Waals surface area contributed by atoms with Gasteiger partial charge in [-0.3, -0.25) is 9.69 Å². The third-order valence-electron chi connectivity index (χ3n) is 5.06. The van der Waals surface area contributed by atoms with Crippen LogP contribution in [0, 0.1) is 5.82 Å². The summed E-state index contributed by atoms with van der Waals surface area (Å²) in [7, 11) is -2.28. The van der Waals surface area contributed by atoms with Crippen LogP contribution in [0.25, 0.3) is 0 Å². The summed E-state index contributed by atoms with van der Waals surface area (Å²) >= 11 is 3.00. The number of hydrogen-bond donors (Lipinski definition) is 0. The fourth-order valence-electron chi connectivity index (χ4n) is 3.69. The highest BCUT2D eigenvalue weighted by atomic mass is 79.9. The summed E-state index contributed by atoms with van der Waals surface area (Å²) in [5.41, 5.74) is 0.486. The minimum atomic E-state index is -3.65. The van der Waals surface area contributed by atoms with Crippen LogP contribution in [-0.4, -0.2) is 67.7 Å². The van der Waals surface area contributed by atoms with Crippen LogP contribution >= 0.6 is 15.9 Å². The van der Waals surface area contributed by atoms with Crippen molar-refractivity contribution in [2.45, 2.75) is 24.3 Å². The molecule has 2 aromatic rings. The van der Waals surface area contributed by atoms with Crippen molar-refractivity contribution in [2.75, 3.05) is 31.7 Å². The van der Waals surface area contributed by atoms with E-state index < -0.39 is 28.0 Å². The van der Waals surface area contributed by atoms with Gasteiger partial charge >= 0.3 is 0 Å². The van der Waals surface area contributed by atoms with Crippen molar-refractivity contribution in [1.82, 2.24) is 14.4 Å². The smallest absolute Gasteiger partial charge is 0.253 e. The fourth-order valence-corrected chi connectivity index (χ4v) is 5.43. The number of halogens is 2. The molecule has 0 saturated carbocycles. The van der Waals surface area contributed by atoms with E-state index >= 15 is 0 Å². The average molecular weight is 505 g/mol. The Balaban J connectivity index is 1.58. The number of pyridine rings is 1. The molecule has 4 rings (SSSR count). The van der Waals surface area contributed by atoms with Crippen molar-refractivity contribution >= 4 is 37.5 Å². The lowest BCUT2D eigenvalue weighted by Gasteiger charge is -2.46. The van der Waals surface area contributed by atoms with E-state index in [9.17, 15) is 17.6 Å². The number of nitrogens with zero attached hydrogens (tertiary/aromatic N) is 4. The Morgan fingerprint density at radius 3 is 2.93 bits per heavy atom. The standard InChI is InChI=1S/C17H18BrFN4O6S/c1-27-17-13(6-11(19)16(18)20-17)23-12-2-4-22(7-14(12)28-8-15(23)24)30(25,26)9-10-3-5-29-21-10/h3,5-6,12,14H,2,4,7-9H2,1H3/t12-,14-/m1/s1. The molecule has 0 N–H and O–H groups in total. The summed E-state index contributed by atoms with van der Waals surface area (Å²) in [6.45, 7) is -0.0359. The molecular weight excluding hydrogens is 487 g/mol. The average Bonchev–Trinajstić information content (AvgIpc) is 3.21. The van der Waals surface area contributed by atoms with Crippen LogP contribution in [0.5, 0.6) is 5.88 Å². The van der Waals surface area contributed by atoms with E-state index in [2.05, 4.69) is 26.1 Å². The van der Waals surface area contributed by atoms with Crippen molar-refractivity contribution in [1.29, 1.82) is 0 Å². The molecule has 2 aliphatic heterocycles. The molecule has 0 spiro atoms. The maximum atomic E-state index is 14.2. The Morgan fingerprint density at radius 1 is 1.43 bits per heavy atom. The summed E-state index contributed by atoms with van der Waals surface area (Å²) in [5.74, 6) is -1.23. The SMILES string of the molecule is COc1nc(Br)c(F)cc1N1C(=O)CO[C@@H]2CN(S(=O)(=O)Cc3ccon3)CC[C@H]21. The fraction of sp³-hybridized carbons (Fsp3) is 0.471. The Hall–Kier alpha value is -2.09. The van der Waals surface area contributed by atoms with Gasteiger partial charge in [-0.2, -0.15) is 4.31 Å². The molecule has 2 fully saturated rings. The number of anilines is 1. The number of carbonyl (C=O) groups excluding carboxylic acids is 1. The van der Waals surface area contributed by atoms with Gasteiger partial charge < -0.3 is 14.0 Å². The lowest BCUT2D eigenvalue weighted by atomic mass is 9.99. The molecule has 0 bridgehead atoms. The van der Waals surface area contributed by atoms with Crippen LogP contribution in [0.15, 0.2) is 27.5 Å². The first-order valence-electron chi connectivity index (χ1n) is 9.01. The number of sulfonamides is 1. The van der Waals surface area contributed by atoms with E-state index in [1.807, 2.05) is 0 Å². The minimum absolute atomic E-state index is 0.0332. The number of ether oxygens (including phenoxy) is 2. The zero-order valence-corrected chi connectivity index (χ0v) is 18.2. The van der Waals surface area contributed by atoms with Gasteiger partial charge in [0.1, 0.15) is 28.9 Å². The molecule has 162 valence electrons. The number of hydrogen-bond acceptors (Lipinski definition) is 8. The normalized spacial score (nSPS) is 22.8. The van der Waals surface area contributed by atoms with Crippen LogP contribution < -0.4 is 9.64 Å². The second-order valence-electron chi connectivity index (χ2n) is 6.86.